The third-order valence-electron chi connectivity index (χ3n) is 2.17. The maximum absolute atomic E-state index is 11.8. The average molecular weight is 218 g/mol. The number of hydrogen-bond acceptors (Lipinski definition) is 3. The summed E-state index contributed by atoms with van der Waals surface area (Å²) in [6.45, 7) is 0. The number of benzene rings is 1. The summed E-state index contributed by atoms with van der Waals surface area (Å²) in [5.41, 5.74) is 1.20. The van der Waals surface area contributed by atoms with Gasteiger partial charge in [-0.2, -0.15) is 11.3 Å². The number of hydrogen-bond donors (Lipinski definition) is 1. The molecule has 0 aliphatic carbocycles. The van der Waals surface area contributed by atoms with Gasteiger partial charge in [0.15, 0.2) is 5.78 Å². The van der Waals surface area contributed by atoms with Gasteiger partial charge in [-0.1, -0.05) is 30.3 Å². The van der Waals surface area contributed by atoms with E-state index in [1.807, 2.05) is 11.4 Å². The molecule has 1 aromatic carbocycles. The van der Waals surface area contributed by atoms with Crippen molar-refractivity contribution in [1.29, 1.82) is 0 Å². The van der Waals surface area contributed by atoms with Crippen LogP contribution < -0.4 is 0 Å². The standard InChI is InChI=1S/C12H10O2S/c13-11(9-4-2-1-3-5-9)12(14)10-6-7-15-8-10/h1-8,12,14H. The van der Waals surface area contributed by atoms with Gasteiger partial charge in [0, 0.05) is 5.56 Å². The molecule has 3 heteroatoms. The highest BCUT2D eigenvalue weighted by molar-refractivity contribution is 7.08. The lowest BCUT2D eigenvalue weighted by atomic mass is 10.0. The highest BCUT2D eigenvalue weighted by Crippen LogP contribution is 2.20. The molecule has 0 saturated heterocycles. The van der Waals surface area contributed by atoms with Crippen molar-refractivity contribution in [3.05, 3.63) is 58.3 Å². The number of rotatable bonds is 3. The first-order valence-electron chi connectivity index (χ1n) is 4.58. The number of carbonyl (C=O) groups is 1. The minimum Gasteiger partial charge on any atom is -0.380 e. The van der Waals surface area contributed by atoms with Crippen LogP contribution in [0.2, 0.25) is 0 Å². The van der Waals surface area contributed by atoms with E-state index in [9.17, 15) is 9.90 Å². The lowest BCUT2D eigenvalue weighted by molar-refractivity contribution is 0.0748. The van der Waals surface area contributed by atoms with Crippen molar-refractivity contribution in [3.8, 4) is 0 Å². The predicted molar refractivity (Wildman–Crippen MR) is 60.1 cm³/mol. The van der Waals surface area contributed by atoms with E-state index in [0.29, 0.717) is 11.1 Å². The summed E-state index contributed by atoms with van der Waals surface area (Å²) in [7, 11) is 0. The van der Waals surface area contributed by atoms with Crippen molar-refractivity contribution in [2.24, 2.45) is 0 Å². The molecule has 0 amide bonds. The number of aliphatic hydroxyl groups excluding tert-OH is 1. The van der Waals surface area contributed by atoms with Gasteiger partial charge in [-0.15, -0.1) is 0 Å². The smallest absolute Gasteiger partial charge is 0.195 e. The topological polar surface area (TPSA) is 37.3 Å². The zero-order valence-corrected chi connectivity index (χ0v) is 8.78. The molecule has 1 N–H and O–H groups in total. The van der Waals surface area contributed by atoms with Crippen LogP contribution in [-0.4, -0.2) is 10.9 Å². The molecule has 0 fully saturated rings. The molecule has 2 nitrogen and oxygen atoms in total. The Bertz CT molecular complexity index is 434. The van der Waals surface area contributed by atoms with Crippen molar-refractivity contribution >= 4 is 17.1 Å². The molecular formula is C12H10O2S. The Labute approximate surface area is 91.8 Å². The van der Waals surface area contributed by atoms with Crippen LogP contribution in [-0.2, 0) is 0 Å². The van der Waals surface area contributed by atoms with Crippen LogP contribution in [0, 0.1) is 0 Å². The first-order chi connectivity index (χ1) is 7.29. The zero-order valence-electron chi connectivity index (χ0n) is 7.96. The summed E-state index contributed by atoms with van der Waals surface area (Å²) >= 11 is 1.47. The zero-order chi connectivity index (χ0) is 10.7. The van der Waals surface area contributed by atoms with Gasteiger partial charge in [-0.3, -0.25) is 4.79 Å². The van der Waals surface area contributed by atoms with Gasteiger partial charge in [0.05, 0.1) is 0 Å². The second-order valence-corrected chi connectivity index (χ2v) is 3.97. The number of ketones is 1. The van der Waals surface area contributed by atoms with Gasteiger partial charge in [0.2, 0.25) is 0 Å². The van der Waals surface area contributed by atoms with Gasteiger partial charge in [0.1, 0.15) is 6.10 Å². The van der Waals surface area contributed by atoms with Crippen LogP contribution in [0.3, 0.4) is 0 Å². The Balaban J connectivity index is 2.23. The van der Waals surface area contributed by atoms with Crippen LogP contribution in [0.15, 0.2) is 47.2 Å². The molecule has 76 valence electrons. The summed E-state index contributed by atoms with van der Waals surface area (Å²) in [4.78, 5) is 11.8. The maximum atomic E-state index is 11.8. The van der Waals surface area contributed by atoms with Crippen molar-refractivity contribution in [3.63, 3.8) is 0 Å². The Morgan fingerprint density at radius 3 is 2.53 bits per heavy atom. The minimum atomic E-state index is -1.04. The lowest BCUT2D eigenvalue weighted by Gasteiger charge is -2.07. The predicted octanol–water partition coefficient (Wildman–Crippen LogP) is 2.66. The molecule has 2 rings (SSSR count). The van der Waals surface area contributed by atoms with Crippen LogP contribution in [0.4, 0.5) is 0 Å². The highest BCUT2D eigenvalue weighted by Gasteiger charge is 2.18. The van der Waals surface area contributed by atoms with Gasteiger partial charge >= 0.3 is 0 Å². The fourth-order valence-electron chi connectivity index (χ4n) is 1.34. The molecule has 0 bridgehead atoms. The van der Waals surface area contributed by atoms with Crippen molar-refractivity contribution < 1.29 is 9.90 Å². The van der Waals surface area contributed by atoms with Gasteiger partial charge in [-0.05, 0) is 22.4 Å². The second kappa shape index (κ2) is 4.38. The largest absolute Gasteiger partial charge is 0.380 e. The molecule has 1 heterocycles. The molecule has 0 aliphatic rings. The third kappa shape index (κ3) is 2.14. The van der Waals surface area contributed by atoms with Crippen LogP contribution in [0.25, 0.3) is 0 Å². The minimum absolute atomic E-state index is 0.256. The van der Waals surface area contributed by atoms with E-state index in [1.54, 1.807) is 35.7 Å². The first-order valence-corrected chi connectivity index (χ1v) is 5.53. The second-order valence-electron chi connectivity index (χ2n) is 3.19. The van der Waals surface area contributed by atoms with E-state index in [4.69, 9.17) is 0 Å². The average Bonchev–Trinajstić information content (AvgIpc) is 2.82. The van der Waals surface area contributed by atoms with E-state index >= 15 is 0 Å². The van der Waals surface area contributed by atoms with Crippen LogP contribution in [0.5, 0.6) is 0 Å². The fraction of sp³-hybridized carbons (Fsp3) is 0.0833. The molecule has 0 spiro atoms. The number of aliphatic hydroxyl groups is 1. The molecule has 1 unspecified atom stereocenters. The maximum Gasteiger partial charge on any atom is 0.195 e. The Hall–Kier alpha value is -1.45. The number of carbonyl (C=O) groups excluding carboxylic acids is 1. The molecule has 0 radical (unpaired) electrons. The van der Waals surface area contributed by atoms with E-state index < -0.39 is 6.10 Å². The van der Waals surface area contributed by atoms with E-state index in [1.165, 1.54) is 11.3 Å². The molecule has 1 atom stereocenters. The monoisotopic (exact) mass is 218 g/mol. The van der Waals surface area contributed by atoms with E-state index in [2.05, 4.69) is 0 Å². The van der Waals surface area contributed by atoms with Gasteiger partial charge in [0.25, 0.3) is 0 Å². The van der Waals surface area contributed by atoms with Crippen molar-refractivity contribution in [2.45, 2.75) is 6.10 Å². The third-order valence-corrected chi connectivity index (χ3v) is 2.87. The fourth-order valence-corrected chi connectivity index (χ4v) is 2.02. The van der Waals surface area contributed by atoms with Gasteiger partial charge < -0.3 is 5.11 Å². The summed E-state index contributed by atoms with van der Waals surface area (Å²) in [5, 5.41) is 13.4. The SMILES string of the molecule is O=C(c1ccccc1)C(O)c1ccsc1. The number of Topliss-reactive ketones (excluding diaryl/α,β-unsaturated/α-hetero) is 1. The molecular weight excluding hydrogens is 208 g/mol. The van der Waals surface area contributed by atoms with Crippen LogP contribution >= 0.6 is 11.3 Å². The normalized spacial score (nSPS) is 12.3. The summed E-state index contributed by atoms with van der Waals surface area (Å²) in [5.74, 6) is -0.256. The van der Waals surface area contributed by atoms with E-state index in [-0.39, 0.29) is 5.78 Å². The summed E-state index contributed by atoms with van der Waals surface area (Å²) in [6.07, 6.45) is -1.04. The lowest BCUT2D eigenvalue weighted by Crippen LogP contribution is -2.11. The Kier molecular flexibility index (Phi) is 2.94. The summed E-state index contributed by atoms with van der Waals surface area (Å²) < 4.78 is 0. The first kappa shape index (κ1) is 10.1. The van der Waals surface area contributed by atoms with E-state index in [0.717, 1.165) is 0 Å². The Morgan fingerprint density at radius 2 is 1.93 bits per heavy atom. The van der Waals surface area contributed by atoms with Crippen molar-refractivity contribution in [2.75, 3.05) is 0 Å². The molecule has 1 aromatic heterocycles. The summed E-state index contributed by atoms with van der Waals surface area (Å²) in [6, 6.07) is 10.6. The molecule has 2 aromatic rings. The number of thiophene rings is 1. The van der Waals surface area contributed by atoms with Crippen molar-refractivity contribution in [1.82, 2.24) is 0 Å². The quantitative estimate of drug-likeness (QED) is 0.804. The van der Waals surface area contributed by atoms with Crippen LogP contribution in [0.1, 0.15) is 22.0 Å². The molecule has 0 saturated carbocycles. The Morgan fingerprint density at radius 1 is 1.20 bits per heavy atom. The van der Waals surface area contributed by atoms with Gasteiger partial charge in [-0.25, -0.2) is 0 Å². The molecule has 15 heavy (non-hydrogen) atoms. The highest BCUT2D eigenvalue weighted by atomic mass is 32.1. The molecule has 0 aliphatic heterocycles.